The highest BCUT2D eigenvalue weighted by Gasteiger charge is 2.31. The first-order chi connectivity index (χ1) is 9.47. The molecule has 0 bridgehead atoms. The summed E-state index contributed by atoms with van der Waals surface area (Å²) in [5.74, 6) is -0.861. The van der Waals surface area contributed by atoms with Gasteiger partial charge < -0.3 is 10.1 Å². The summed E-state index contributed by atoms with van der Waals surface area (Å²) in [6, 6.07) is 4.12. The number of aryl methyl sites for hydroxylation is 1. The standard InChI is InChI=1S/C13H14N2O5/c1-8-6-10(15(18)19)4-5-11(8)14-12(16)7-20-13(17)9-2-3-9/h4-6,9H,2-3,7H2,1H3,(H,14,16). The van der Waals surface area contributed by atoms with Crippen LogP contribution in [0.15, 0.2) is 18.2 Å². The third-order valence-corrected chi connectivity index (χ3v) is 2.95. The van der Waals surface area contributed by atoms with Crippen LogP contribution in [0.2, 0.25) is 0 Å². The van der Waals surface area contributed by atoms with Gasteiger partial charge in [0.2, 0.25) is 0 Å². The summed E-state index contributed by atoms with van der Waals surface area (Å²) in [5, 5.41) is 13.1. The average Bonchev–Trinajstić information content (AvgIpc) is 3.22. The minimum absolute atomic E-state index is 0.0411. The molecule has 0 spiro atoms. The second-order valence-electron chi connectivity index (χ2n) is 4.69. The van der Waals surface area contributed by atoms with E-state index < -0.39 is 10.8 Å². The molecule has 2 rings (SSSR count). The van der Waals surface area contributed by atoms with Crippen molar-refractivity contribution in [3.8, 4) is 0 Å². The molecular weight excluding hydrogens is 264 g/mol. The van der Waals surface area contributed by atoms with Crippen molar-refractivity contribution in [2.45, 2.75) is 19.8 Å². The van der Waals surface area contributed by atoms with Crippen molar-refractivity contribution in [2.75, 3.05) is 11.9 Å². The smallest absolute Gasteiger partial charge is 0.309 e. The van der Waals surface area contributed by atoms with E-state index >= 15 is 0 Å². The number of amides is 1. The van der Waals surface area contributed by atoms with Gasteiger partial charge in [-0.2, -0.15) is 0 Å². The number of nitrogens with one attached hydrogen (secondary N) is 1. The van der Waals surface area contributed by atoms with Gasteiger partial charge in [0.25, 0.3) is 11.6 Å². The number of benzene rings is 1. The van der Waals surface area contributed by atoms with Crippen LogP contribution in [0.5, 0.6) is 0 Å². The minimum Gasteiger partial charge on any atom is -0.455 e. The fourth-order valence-electron chi connectivity index (χ4n) is 1.66. The lowest BCUT2D eigenvalue weighted by molar-refractivity contribution is -0.384. The van der Waals surface area contributed by atoms with Crippen LogP contribution in [0.25, 0.3) is 0 Å². The van der Waals surface area contributed by atoms with E-state index in [1.54, 1.807) is 6.92 Å². The molecule has 106 valence electrons. The third kappa shape index (κ3) is 3.53. The van der Waals surface area contributed by atoms with E-state index in [0.29, 0.717) is 11.3 Å². The molecule has 0 radical (unpaired) electrons. The normalized spacial score (nSPS) is 13.7. The van der Waals surface area contributed by atoms with Gasteiger partial charge in [0.15, 0.2) is 6.61 Å². The average molecular weight is 278 g/mol. The van der Waals surface area contributed by atoms with Crippen LogP contribution >= 0.6 is 0 Å². The number of nitro benzene ring substituents is 1. The molecule has 1 aromatic carbocycles. The molecule has 0 aromatic heterocycles. The first-order valence-corrected chi connectivity index (χ1v) is 6.19. The minimum atomic E-state index is -0.504. The highest BCUT2D eigenvalue weighted by Crippen LogP contribution is 2.30. The van der Waals surface area contributed by atoms with Gasteiger partial charge in [-0.1, -0.05) is 0 Å². The Morgan fingerprint density at radius 2 is 2.15 bits per heavy atom. The predicted octanol–water partition coefficient (Wildman–Crippen LogP) is 1.79. The van der Waals surface area contributed by atoms with Crippen molar-refractivity contribution in [3.63, 3.8) is 0 Å². The summed E-state index contributed by atoms with van der Waals surface area (Å²) in [6.07, 6.45) is 1.64. The lowest BCUT2D eigenvalue weighted by Crippen LogP contribution is -2.21. The van der Waals surface area contributed by atoms with Crippen molar-refractivity contribution in [2.24, 2.45) is 5.92 Å². The quantitative estimate of drug-likeness (QED) is 0.503. The summed E-state index contributed by atoms with van der Waals surface area (Å²) in [7, 11) is 0. The van der Waals surface area contributed by atoms with Crippen LogP contribution < -0.4 is 5.32 Å². The van der Waals surface area contributed by atoms with Crippen LogP contribution in [-0.2, 0) is 14.3 Å². The number of carbonyl (C=O) groups excluding carboxylic acids is 2. The van der Waals surface area contributed by atoms with E-state index in [1.807, 2.05) is 0 Å². The van der Waals surface area contributed by atoms with Crippen molar-refractivity contribution < 1.29 is 19.2 Å². The molecule has 1 aliphatic carbocycles. The molecular formula is C13H14N2O5. The number of nitrogens with zero attached hydrogens (tertiary/aromatic N) is 1. The molecule has 1 amide bonds. The maximum Gasteiger partial charge on any atom is 0.309 e. The zero-order valence-corrected chi connectivity index (χ0v) is 10.9. The van der Waals surface area contributed by atoms with E-state index in [9.17, 15) is 19.7 Å². The summed E-state index contributed by atoms with van der Waals surface area (Å²) in [4.78, 5) is 33.0. The van der Waals surface area contributed by atoms with Crippen LogP contribution in [0.4, 0.5) is 11.4 Å². The summed E-state index contributed by atoms with van der Waals surface area (Å²) in [6.45, 7) is 1.31. The van der Waals surface area contributed by atoms with Crippen LogP contribution in [0.1, 0.15) is 18.4 Å². The van der Waals surface area contributed by atoms with Gasteiger partial charge in [0.1, 0.15) is 0 Å². The van der Waals surface area contributed by atoms with E-state index in [4.69, 9.17) is 4.74 Å². The SMILES string of the molecule is Cc1cc([N+](=O)[O-])ccc1NC(=O)COC(=O)C1CC1. The Kier molecular flexibility index (Phi) is 3.97. The summed E-state index contributed by atoms with van der Waals surface area (Å²) >= 11 is 0. The second kappa shape index (κ2) is 5.68. The Morgan fingerprint density at radius 3 is 2.70 bits per heavy atom. The van der Waals surface area contributed by atoms with Crippen molar-refractivity contribution in [1.82, 2.24) is 0 Å². The van der Waals surface area contributed by atoms with Gasteiger partial charge >= 0.3 is 5.97 Å². The van der Waals surface area contributed by atoms with Gasteiger partial charge in [-0.3, -0.25) is 19.7 Å². The van der Waals surface area contributed by atoms with Gasteiger partial charge in [-0.15, -0.1) is 0 Å². The van der Waals surface area contributed by atoms with Gasteiger partial charge in [0.05, 0.1) is 10.8 Å². The molecule has 0 aliphatic heterocycles. The highest BCUT2D eigenvalue weighted by atomic mass is 16.6. The number of rotatable bonds is 5. The molecule has 0 unspecified atom stereocenters. The Morgan fingerprint density at radius 1 is 1.45 bits per heavy atom. The summed E-state index contributed by atoms with van der Waals surface area (Å²) in [5.41, 5.74) is 0.991. The predicted molar refractivity (Wildman–Crippen MR) is 70.1 cm³/mol. The van der Waals surface area contributed by atoms with E-state index in [1.165, 1.54) is 18.2 Å². The number of anilines is 1. The van der Waals surface area contributed by atoms with E-state index in [0.717, 1.165) is 12.8 Å². The lowest BCUT2D eigenvalue weighted by Gasteiger charge is -2.08. The zero-order chi connectivity index (χ0) is 14.7. The first-order valence-electron chi connectivity index (χ1n) is 6.19. The fraction of sp³-hybridized carbons (Fsp3) is 0.385. The Hall–Kier alpha value is -2.44. The number of non-ortho nitro benzene ring substituents is 1. The van der Waals surface area contributed by atoms with Crippen molar-refractivity contribution >= 4 is 23.3 Å². The Bertz CT molecular complexity index is 566. The van der Waals surface area contributed by atoms with Gasteiger partial charge in [-0.05, 0) is 31.4 Å². The van der Waals surface area contributed by atoms with Crippen LogP contribution in [-0.4, -0.2) is 23.4 Å². The monoisotopic (exact) mass is 278 g/mol. The largest absolute Gasteiger partial charge is 0.455 e. The third-order valence-electron chi connectivity index (χ3n) is 2.95. The molecule has 1 fully saturated rings. The second-order valence-corrected chi connectivity index (χ2v) is 4.69. The molecule has 0 atom stereocenters. The van der Waals surface area contributed by atoms with Crippen molar-refractivity contribution in [3.05, 3.63) is 33.9 Å². The fourth-order valence-corrected chi connectivity index (χ4v) is 1.66. The van der Waals surface area contributed by atoms with Crippen LogP contribution in [0, 0.1) is 23.0 Å². The molecule has 1 N–H and O–H groups in total. The maximum atomic E-state index is 11.6. The molecule has 1 saturated carbocycles. The topological polar surface area (TPSA) is 98.5 Å². The molecule has 7 nitrogen and oxygen atoms in total. The Balaban J connectivity index is 1.90. The highest BCUT2D eigenvalue weighted by molar-refractivity contribution is 5.93. The molecule has 0 saturated heterocycles. The zero-order valence-electron chi connectivity index (χ0n) is 10.9. The van der Waals surface area contributed by atoms with Gasteiger partial charge in [0, 0.05) is 17.8 Å². The molecule has 1 aromatic rings. The number of hydrogen-bond donors (Lipinski definition) is 1. The molecule has 20 heavy (non-hydrogen) atoms. The summed E-state index contributed by atoms with van der Waals surface area (Å²) < 4.78 is 4.84. The Labute approximate surface area is 115 Å². The maximum absolute atomic E-state index is 11.6. The number of hydrogen-bond acceptors (Lipinski definition) is 5. The number of ether oxygens (including phenoxy) is 1. The number of carbonyl (C=O) groups is 2. The number of esters is 1. The van der Waals surface area contributed by atoms with E-state index in [-0.39, 0.29) is 24.2 Å². The van der Waals surface area contributed by atoms with Crippen molar-refractivity contribution in [1.29, 1.82) is 0 Å². The lowest BCUT2D eigenvalue weighted by atomic mass is 10.2. The van der Waals surface area contributed by atoms with E-state index in [2.05, 4.69) is 5.32 Å². The molecule has 7 heteroatoms. The number of nitro groups is 1. The van der Waals surface area contributed by atoms with Gasteiger partial charge in [-0.25, -0.2) is 0 Å². The molecule has 0 heterocycles. The van der Waals surface area contributed by atoms with Crippen LogP contribution in [0.3, 0.4) is 0 Å². The molecule has 1 aliphatic rings. The first kappa shape index (κ1) is 14.0.